The van der Waals surface area contributed by atoms with Crippen LogP contribution in [-0.2, 0) is 16.1 Å². The Morgan fingerprint density at radius 2 is 1.96 bits per heavy atom. The molecular formula is C19H32IN3O3. The highest BCUT2D eigenvalue weighted by Gasteiger charge is 2.14. The van der Waals surface area contributed by atoms with Crippen LogP contribution in [0, 0.1) is 12.8 Å². The fourth-order valence-electron chi connectivity index (χ4n) is 2.15. The Balaban J connectivity index is 0.00000625. The average molecular weight is 477 g/mol. The van der Waals surface area contributed by atoms with Crippen LogP contribution in [0.5, 0.6) is 5.75 Å². The number of nitrogens with zero attached hydrogens (tertiary/aromatic N) is 1. The highest BCUT2D eigenvalue weighted by atomic mass is 127. The summed E-state index contributed by atoms with van der Waals surface area (Å²) >= 11 is 0. The highest BCUT2D eigenvalue weighted by molar-refractivity contribution is 14.0. The van der Waals surface area contributed by atoms with Crippen LogP contribution in [0.3, 0.4) is 0 Å². The van der Waals surface area contributed by atoms with Crippen molar-refractivity contribution in [3.63, 3.8) is 0 Å². The highest BCUT2D eigenvalue weighted by Crippen LogP contribution is 2.22. The third kappa shape index (κ3) is 8.25. The van der Waals surface area contributed by atoms with Gasteiger partial charge in [0, 0.05) is 25.7 Å². The number of aliphatic imine (C=N–C) groups is 1. The SMILES string of the molecule is CCC(C)Oc1cc(C)ccc1CNC(=NC)NCC(C)C(=O)OC.I. The van der Waals surface area contributed by atoms with E-state index in [-0.39, 0.29) is 42.0 Å². The maximum absolute atomic E-state index is 11.5. The van der Waals surface area contributed by atoms with Crippen LogP contribution in [-0.4, -0.2) is 38.7 Å². The molecule has 0 saturated heterocycles. The first-order valence-corrected chi connectivity index (χ1v) is 8.69. The van der Waals surface area contributed by atoms with E-state index in [1.165, 1.54) is 7.11 Å². The zero-order valence-corrected chi connectivity index (χ0v) is 18.9. The minimum atomic E-state index is -0.245. The number of ether oxygens (including phenoxy) is 2. The smallest absolute Gasteiger partial charge is 0.310 e. The summed E-state index contributed by atoms with van der Waals surface area (Å²) in [6.07, 6.45) is 1.12. The van der Waals surface area contributed by atoms with Crippen LogP contribution >= 0.6 is 24.0 Å². The Morgan fingerprint density at radius 3 is 2.54 bits per heavy atom. The zero-order valence-electron chi connectivity index (χ0n) is 16.6. The fourth-order valence-corrected chi connectivity index (χ4v) is 2.15. The van der Waals surface area contributed by atoms with Crippen molar-refractivity contribution >= 4 is 35.9 Å². The predicted octanol–water partition coefficient (Wildman–Crippen LogP) is 3.26. The number of rotatable bonds is 8. The Kier molecular flexibility index (Phi) is 12.0. The van der Waals surface area contributed by atoms with E-state index in [0.717, 1.165) is 23.3 Å². The summed E-state index contributed by atoms with van der Waals surface area (Å²) < 4.78 is 10.8. The summed E-state index contributed by atoms with van der Waals surface area (Å²) in [5.74, 6) is 1.03. The van der Waals surface area contributed by atoms with Crippen molar-refractivity contribution in [1.29, 1.82) is 0 Å². The van der Waals surface area contributed by atoms with E-state index < -0.39 is 0 Å². The molecule has 0 amide bonds. The second kappa shape index (κ2) is 12.8. The molecule has 0 spiro atoms. The minimum Gasteiger partial charge on any atom is -0.490 e. The van der Waals surface area contributed by atoms with Gasteiger partial charge in [0.05, 0.1) is 19.1 Å². The van der Waals surface area contributed by atoms with Gasteiger partial charge < -0.3 is 20.1 Å². The molecule has 2 atom stereocenters. The Morgan fingerprint density at radius 1 is 1.27 bits per heavy atom. The zero-order chi connectivity index (χ0) is 18.8. The number of hydrogen-bond donors (Lipinski definition) is 2. The van der Waals surface area contributed by atoms with E-state index in [4.69, 9.17) is 9.47 Å². The first kappa shape index (κ1) is 24.5. The third-order valence-corrected chi connectivity index (χ3v) is 3.97. The number of benzene rings is 1. The number of halogens is 1. The molecule has 0 aromatic heterocycles. The molecule has 0 saturated carbocycles. The summed E-state index contributed by atoms with van der Waals surface area (Å²) in [6, 6.07) is 6.18. The maximum Gasteiger partial charge on any atom is 0.310 e. The second-order valence-electron chi connectivity index (χ2n) is 6.18. The van der Waals surface area contributed by atoms with E-state index >= 15 is 0 Å². The Hall–Kier alpha value is -1.51. The molecule has 0 aliphatic rings. The van der Waals surface area contributed by atoms with E-state index in [1.54, 1.807) is 7.05 Å². The lowest BCUT2D eigenvalue weighted by Gasteiger charge is -2.19. The van der Waals surface area contributed by atoms with Crippen molar-refractivity contribution in [2.24, 2.45) is 10.9 Å². The van der Waals surface area contributed by atoms with Gasteiger partial charge in [0.15, 0.2) is 5.96 Å². The molecule has 0 aliphatic heterocycles. The van der Waals surface area contributed by atoms with Gasteiger partial charge >= 0.3 is 5.97 Å². The normalized spacial score (nSPS) is 13.2. The molecule has 1 aromatic carbocycles. The van der Waals surface area contributed by atoms with Gasteiger partial charge in [-0.25, -0.2) is 0 Å². The van der Waals surface area contributed by atoms with Gasteiger partial charge in [0.2, 0.25) is 0 Å². The van der Waals surface area contributed by atoms with Gasteiger partial charge in [-0.1, -0.05) is 26.0 Å². The van der Waals surface area contributed by atoms with Crippen molar-refractivity contribution in [3.8, 4) is 5.75 Å². The average Bonchev–Trinajstić information content (AvgIpc) is 2.61. The largest absolute Gasteiger partial charge is 0.490 e. The van der Waals surface area contributed by atoms with E-state index in [1.807, 2.05) is 6.92 Å². The monoisotopic (exact) mass is 477 g/mol. The number of esters is 1. The Bertz CT molecular complexity index is 593. The lowest BCUT2D eigenvalue weighted by molar-refractivity contribution is -0.144. The number of guanidine groups is 1. The number of aryl methyl sites for hydroxylation is 1. The fraction of sp³-hybridized carbons (Fsp3) is 0.579. The molecule has 26 heavy (non-hydrogen) atoms. The summed E-state index contributed by atoms with van der Waals surface area (Å²) in [7, 11) is 3.09. The second-order valence-corrected chi connectivity index (χ2v) is 6.18. The van der Waals surface area contributed by atoms with Crippen LogP contribution in [0.4, 0.5) is 0 Å². The lowest BCUT2D eigenvalue weighted by Crippen LogP contribution is -2.40. The maximum atomic E-state index is 11.5. The quantitative estimate of drug-likeness (QED) is 0.260. The molecule has 7 heteroatoms. The standard InChI is InChI=1S/C19H31N3O3.HI/c1-7-15(4)25-17-10-13(2)8-9-16(17)12-22-19(20-5)21-11-14(3)18(23)24-6;/h8-10,14-15H,7,11-12H2,1-6H3,(H2,20,21,22);1H. The topological polar surface area (TPSA) is 72.0 Å². The molecule has 6 nitrogen and oxygen atoms in total. The van der Waals surface area contributed by atoms with Gasteiger partial charge in [-0.3, -0.25) is 9.79 Å². The number of methoxy groups -OCH3 is 1. The predicted molar refractivity (Wildman–Crippen MR) is 116 cm³/mol. The number of carbonyl (C=O) groups excluding carboxylic acids is 1. The van der Waals surface area contributed by atoms with Crippen LogP contribution in [0.2, 0.25) is 0 Å². The van der Waals surface area contributed by atoms with Crippen molar-refractivity contribution in [2.75, 3.05) is 20.7 Å². The number of hydrogen-bond acceptors (Lipinski definition) is 4. The summed E-state index contributed by atoms with van der Waals surface area (Å²) in [5, 5.41) is 6.39. The van der Waals surface area contributed by atoms with Crippen LogP contribution in [0.25, 0.3) is 0 Å². The number of carbonyl (C=O) groups is 1. The van der Waals surface area contributed by atoms with E-state index in [0.29, 0.717) is 19.0 Å². The van der Waals surface area contributed by atoms with Gasteiger partial charge in [-0.05, 0) is 31.9 Å². The lowest BCUT2D eigenvalue weighted by atomic mass is 10.1. The molecule has 148 valence electrons. The summed E-state index contributed by atoms with van der Waals surface area (Å²) in [4.78, 5) is 15.6. The van der Waals surface area contributed by atoms with Gasteiger partial charge in [0.1, 0.15) is 5.75 Å². The Labute approximate surface area is 174 Å². The van der Waals surface area contributed by atoms with Crippen molar-refractivity contribution in [3.05, 3.63) is 29.3 Å². The summed E-state index contributed by atoms with van der Waals surface area (Å²) in [5.41, 5.74) is 2.23. The van der Waals surface area contributed by atoms with Crippen molar-refractivity contribution in [1.82, 2.24) is 10.6 Å². The molecule has 2 N–H and O–H groups in total. The molecule has 1 rings (SSSR count). The van der Waals surface area contributed by atoms with Gasteiger partial charge in [0.25, 0.3) is 0 Å². The number of nitrogens with one attached hydrogen (secondary N) is 2. The van der Waals surface area contributed by atoms with Crippen LogP contribution in [0.1, 0.15) is 38.3 Å². The first-order valence-electron chi connectivity index (χ1n) is 8.69. The van der Waals surface area contributed by atoms with Crippen LogP contribution in [0.15, 0.2) is 23.2 Å². The van der Waals surface area contributed by atoms with Gasteiger partial charge in [-0.2, -0.15) is 0 Å². The van der Waals surface area contributed by atoms with Crippen LogP contribution < -0.4 is 15.4 Å². The molecular weight excluding hydrogens is 445 g/mol. The summed E-state index contributed by atoms with van der Waals surface area (Å²) in [6.45, 7) is 9.06. The molecule has 2 unspecified atom stereocenters. The van der Waals surface area contributed by atoms with E-state index in [2.05, 4.69) is 54.6 Å². The van der Waals surface area contributed by atoms with Gasteiger partial charge in [-0.15, -0.1) is 24.0 Å². The van der Waals surface area contributed by atoms with Crippen molar-refractivity contribution in [2.45, 2.75) is 46.8 Å². The van der Waals surface area contributed by atoms with Crippen molar-refractivity contribution < 1.29 is 14.3 Å². The molecule has 0 bridgehead atoms. The molecule has 0 radical (unpaired) electrons. The third-order valence-electron chi connectivity index (χ3n) is 3.97. The molecule has 0 fully saturated rings. The first-order chi connectivity index (χ1) is 11.9. The molecule has 1 aromatic rings. The van der Waals surface area contributed by atoms with E-state index in [9.17, 15) is 4.79 Å². The molecule has 0 heterocycles. The minimum absolute atomic E-state index is 0. The molecule has 0 aliphatic carbocycles.